The van der Waals surface area contributed by atoms with E-state index in [0.29, 0.717) is 0 Å². The van der Waals surface area contributed by atoms with Crippen LogP contribution in [-0.2, 0) is 4.79 Å². The van der Waals surface area contributed by atoms with Crippen LogP contribution in [0, 0.1) is 10.1 Å². The molecule has 1 aromatic carbocycles. The molecule has 0 unspecified atom stereocenters. The Bertz CT molecular complexity index is 608. The molecule has 9 heteroatoms. The first-order chi connectivity index (χ1) is 9.36. The predicted molar refractivity (Wildman–Crippen MR) is 72.0 cm³/mol. The molecule has 1 aromatic rings. The van der Waals surface area contributed by atoms with Crippen molar-refractivity contribution in [2.45, 2.75) is 6.92 Å². The van der Waals surface area contributed by atoms with E-state index in [1.54, 1.807) is 0 Å². The summed E-state index contributed by atoms with van der Waals surface area (Å²) in [6, 6.07) is 3.81. The second-order valence-corrected chi connectivity index (χ2v) is 4.04. The summed E-state index contributed by atoms with van der Waals surface area (Å²) in [6.07, 6.45) is 0. The summed E-state index contributed by atoms with van der Waals surface area (Å²) in [5.74, 6) is -1.02. The maximum Gasteiger partial charge on any atom is 0.298 e. The average molecular weight is 299 g/mol. The lowest BCUT2D eigenvalue weighted by molar-refractivity contribution is -0.384. The third-order valence-corrected chi connectivity index (χ3v) is 2.41. The van der Waals surface area contributed by atoms with Crippen molar-refractivity contribution in [2.75, 3.05) is 7.05 Å². The van der Waals surface area contributed by atoms with Crippen LogP contribution in [0.1, 0.15) is 6.92 Å². The third-order valence-electron chi connectivity index (χ3n) is 2.18. The largest absolute Gasteiger partial charge is 0.510 e. The van der Waals surface area contributed by atoms with Gasteiger partial charge in [0.15, 0.2) is 11.4 Å². The van der Waals surface area contributed by atoms with Crippen molar-refractivity contribution < 1.29 is 14.8 Å². The highest BCUT2D eigenvalue weighted by atomic mass is 35.5. The fourth-order valence-corrected chi connectivity index (χ4v) is 1.40. The fourth-order valence-electron chi connectivity index (χ4n) is 1.23. The minimum atomic E-state index is -0.671. The van der Waals surface area contributed by atoms with E-state index in [4.69, 9.17) is 11.6 Å². The van der Waals surface area contributed by atoms with E-state index in [1.807, 2.05) is 0 Å². The molecule has 0 saturated heterocycles. The lowest BCUT2D eigenvalue weighted by Gasteiger charge is -2.01. The lowest BCUT2D eigenvalue weighted by atomic mass is 10.3. The number of aliphatic hydroxyl groups is 1. The molecule has 0 aliphatic carbocycles. The molecule has 0 saturated carbocycles. The molecular weight excluding hydrogens is 288 g/mol. The molecule has 0 aromatic heterocycles. The molecule has 0 atom stereocenters. The summed E-state index contributed by atoms with van der Waals surface area (Å²) in [5, 5.41) is 29.7. The van der Waals surface area contributed by atoms with Crippen molar-refractivity contribution in [1.82, 2.24) is 5.32 Å². The smallest absolute Gasteiger partial charge is 0.298 e. The van der Waals surface area contributed by atoms with Gasteiger partial charge >= 0.3 is 0 Å². The van der Waals surface area contributed by atoms with Crippen molar-refractivity contribution in [2.24, 2.45) is 10.2 Å². The number of carbonyl (C=O) groups is 1. The maximum atomic E-state index is 11.4. The number of rotatable bonds is 4. The number of nitrogens with zero attached hydrogens (tertiary/aromatic N) is 3. The molecule has 20 heavy (non-hydrogen) atoms. The Morgan fingerprint density at radius 3 is 2.65 bits per heavy atom. The SMILES string of the molecule is CNC(=O)/C(N=Nc1ccc(Cl)cc1[N+](=O)[O-])=C(/C)O. The molecule has 1 amide bonds. The van der Waals surface area contributed by atoms with E-state index >= 15 is 0 Å². The van der Waals surface area contributed by atoms with Crippen molar-refractivity contribution in [1.29, 1.82) is 0 Å². The fraction of sp³-hybridized carbons (Fsp3) is 0.182. The van der Waals surface area contributed by atoms with Gasteiger partial charge in [-0.05, 0) is 19.1 Å². The van der Waals surface area contributed by atoms with Gasteiger partial charge in [-0.15, -0.1) is 10.2 Å². The minimum Gasteiger partial charge on any atom is -0.510 e. The number of benzene rings is 1. The van der Waals surface area contributed by atoms with Crippen molar-refractivity contribution in [3.8, 4) is 0 Å². The summed E-state index contributed by atoms with van der Waals surface area (Å²) in [4.78, 5) is 21.6. The Kier molecular flexibility index (Phi) is 5.15. The van der Waals surface area contributed by atoms with Crippen LogP contribution >= 0.6 is 11.6 Å². The van der Waals surface area contributed by atoms with Crippen LogP contribution in [0.3, 0.4) is 0 Å². The van der Waals surface area contributed by atoms with Gasteiger partial charge in [-0.3, -0.25) is 14.9 Å². The number of hydrogen-bond acceptors (Lipinski definition) is 6. The summed E-state index contributed by atoms with van der Waals surface area (Å²) in [5.41, 5.74) is -0.771. The van der Waals surface area contributed by atoms with Crippen LogP contribution < -0.4 is 5.32 Å². The number of azo groups is 1. The predicted octanol–water partition coefficient (Wildman–Crippen LogP) is 2.87. The number of hydrogen-bond donors (Lipinski definition) is 2. The molecule has 2 N–H and O–H groups in total. The van der Waals surface area contributed by atoms with E-state index < -0.39 is 10.8 Å². The van der Waals surface area contributed by atoms with Crippen molar-refractivity contribution >= 4 is 28.9 Å². The summed E-state index contributed by atoms with van der Waals surface area (Å²) in [7, 11) is 1.35. The number of nitro groups is 1. The average Bonchev–Trinajstić information content (AvgIpc) is 2.39. The summed E-state index contributed by atoms with van der Waals surface area (Å²) >= 11 is 5.66. The van der Waals surface area contributed by atoms with E-state index in [0.717, 1.165) is 6.07 Å². The first-order valence-electron chi connectivity index (χ1n) is 5.34. The van der Waals surface area contributed by atoms with E-state index in [1.165, 1.54) is 26.1 Å². The minimum absolute atomic E-state index is 0.0814. The number of nitro benzene ring substituents is 1. The summed E-state index contributed by atoms with van der Waals surface area (Å²) in [6.45, 7) is 1.25. The van der Waals surface area contributed by atoms with Crippen LogP contribution in [0.2, 0.25) is 5.02 Å². The molecule has 0 bridgehead atoms. The molecule has 1 rings (SSSR count). The zero-order chi connectivity index (χ0) is 15.3. The Labute approximate surface area is 118 Å². The highest BCUT2D eigenvalue weighted by molar-refractivity contribution is 6.30. The normalized spacial score (nSPS) is 12.2. The zero-order valence-corrected chi connectivity index (χ0v) is 11.4. The standard InChI is InChI=1S/C11H11ClN4O4/c1-6(17)10(11(18)13-2)15-14-8-4-3-7(12)5-9(8)16(19)20/h3-5,17H,1-2H3,(H,13,18)/b10-6+,15-14?. The maximum absolute atomic E-state index is 11.4. The van der Waals surface area contributed by atoms with Gasteiger partial charge in [0, 0.05) is 18.1 Å². The number of likely N-dealkylation sites (N-methyl/N-ethyl adjacent to an activating group) is 1. The van der Waals surface area contributed by atoms with Gasteiger partial charge in [-0.1, -0.05) is 11.6 Å². The van der Waals surface area contributed by atoms with Crippen molar-refractivity contribution in [3.63, 3.8) is 0 Å². The molecule has 0 aliphatic rings. The highest BCUT2D eigenvalue weighted by Crippen LogP contribution is 2.30. The highest BCUT2D eigenvalue weighted by Gasteiger charge is 2.16. The van der Waals surface area contributed by atoms with E-state index in [-0.39, 0.29) is 27.9 Å². The molecular formula is C11H11ClN4O4. The van der Waals surface area contributed by atoms with Crippen LogP contribution in [0.25, 0.3) is 0 Å². The first-order valence-corrected chi connectivity index (χ1v) is 5.72. The van der Waals surface area contributed by atoms with E-state index in [2.05, 4.69) is 15.5 Å². The summed E-state index contributed by atoms with van der Waals surface area (Å²) < 4.78 is 0. The van der Waals surface area contributed by atoms with Gasteiger partial charge in [-0.2, -0.15) is 0 Å². The van der Waals surface area contributed by atoms with Crippen LogP contribution in [0.5, 0.6) is 0 Å². The van der Waals surface area contributed by atoms with Gasteiger partial charge in [0.25, 0.3) is 11.6 Å². The number of carbonyl (C=O) groups excluding carboxylic acids is 1. The molecule has 8 nitrogen and oxygen atoms in total. The number of nitrogens with one attached hydrogen (secondary N) is 1. The molecule has 0 radical (unpaired) electrons. The number of amides is 1. The second kappa shape index (κ2) is 6.62. The topological polar surface area (TPSA) is 117 Å². The molecule has 0 aliphatic heterocycles. The van der Waals surface area contributed by atoms with Crippen LogP contribution in [0.15, 0.2) is 39.9 Å². The Hall–Kier alpha value is -2.48. The number of halogens is 1. The molecule has 0 fully saturated rings. The van der Waals surface area contributed by atoms with Gasteiger partial charge in [0.1, 0.15) is 5.76 Å². The first kappa shape index (κ1) is 15.6. The van der Waals surface area contributed by atoms with E-state index in [9.17, 15) is 20.0 Å². The van der Waals surface area contributed by atoms with Crippen LogP contribution in [0.4, 0.5) is 11.4 Å². The zero-order valence-electron chi connectivity index (χ0n) is 10.6. The Morgan fingerprint density at radius 1 is 1.50 bits per heavy atom. The molecule has 106 valence electrons. The quantitative estimate of drug-likeness (QED) is 0.292. The van der Waals surface area contributed by atoms with Gasteiger partial charge in [-0.25, -0.2) is 0 Å². The van der Waals surface area contributed by atoms with Gasteiger partial charge in [0.05, 0.1) is 4.92 Å². The third kappa shape index (κ3) is 3.75. The molecule has 0 spiro atoms. The second-order valence-electron chi connectivity index (χ2n) is 3.60. The van der Waals surface area contributed by atoms with Gasteiger partial charge in [0.2, 0.25) is 0 Å². The Morgan fingerprint density at radius 2 is 2.15 bits per heavy atom. The Balaban J connectivity index is 3.22. The molecule has 0 heterocycles. The number of aliphatic hydroxyl groups excluding tert-OH is 1. The monoisotopic (exact) mass is 298 g/mol. The van der Waals surface area contributed by atoms with Crippen molar-refractivity contribution in [3.05, 3.63) is 44.8 Å². The lowest BCUT2D eigenvalue weighted by Crippen LogP contribution is -2.20. The number of allylic oxidation sites excluding steroid dienone is 1. The van der Waals surface area contributed by atoms with Gasteiger partial charge < -0.3 is 10.4 Å². The van der Waals surface area contributed by atoms with Crippen LogP contribution in [-0.4, -0.2) is 23.0 Å².